The summed E-state index contributed by atoms with van der Waals surface area (Å²) in [5.41, 5.74) is 1.87. The Bertz CT molecular complexity index is 917. The SMILES string of the molecule is COC(=O)c1c(NC(=O)Cn2nc([N+](=O)[O-])cc2C)sc2c1CCC(C)C2. The second kappa shape index (κ2) is 7.47. The summed E-state index contributed by atoms with van der Waals surface area (Å²) in [6, 6.07) is 1.30. The third-order valence-corrected chi connectivity index (χ3v) is 5.77. The molecule has 0 spiro atoms. The number of methoxy groups -OCH3 is 1. The summed E-state index contributed by atoms with van der Waals surface area (Å²) in [7, 11) is 1.32. The van der Waals surface area contributed by atoms with Crippen LogP contribution in [-0.2, 0) is 28.9 Å². The van der Waals surface area contributed by atoms with Crippen LogP contribution in [0.1, 0.15) is 39.8 Å². The van der Waals surface area contributed by atoms with Crippen LogP contribution < -0.4 is 5.32 Å². The van der Waals surface area contributed by atoms with Crippen molar-refractivity contribution in [2.45, 2.75) is 39.7 Å². The largest absolute Gasteiger partial charge is 0.465 e. The van der Waals surface area contributed by atoms with Gasteiger partial charge in [0.1, 0.15) is 11.5 Å². The minimum absolute atomic E-state index is 0.181. The maximum absolute atomic E-state index is 12.5. The molecule has 2 aromatic heterocycles. The Morgan fingerprint density at radius 3 is 2.89 bits per heavy atom. The lowest BCUT2D eigenvalue weighted by molar-refractivity contribution is -0.389. The first-order valence-electron chi connectivity index (χ1n) is 8.51. The van der Waals surface area contributed by atoms with E-state index in [-0.39, 0.29) is 12.4 Å². The number of carbonyl (C=O) groups is 2. The molecule has 0 saturated heterocycles. The second-order valence-electron chi connectivity index (χ2n) is 6.65. The molecule has 1 unspecified atom stereocenters. The van der Waals surface area contributed by atoms with Gasteiger partial charge in [-0.2, -0.15) is 4.68 Å². The normalized spacial score (nSPS) is 15.9. The summed E-state index contributed by atoms with van der Waals surface area (Å²) < 4.78 is 6.17. The zero-order valence-corrected chi connectivity index (χ0v) is 16.1. The number of nitro groups is 1. The summed E-state index contributed by atoms with van der Waals surface area (Å²) in [5, 5.41) is 17.8. The highest BCUT2D eigenvalue weighted by Gasteiger charge is 2.29. The molecule has 9 nitrogen and oxygen atoms in total. The Hall–Kier alpha value is -2.75. The van der Waals surface area contributed by atoms with E-state index in [0.29, 0.717) is 22.2 Å². The standard InChI is InChI=1S/C17H20N4O5S/c1-9-4-5-11-12(6-9)27-16(15(11)17(23)26-3)18-14(22)8-20-10(2)7-13(19-20)21(24)25/h7,9H,4-6,8H2,1-3H3,(H,18,22). The van der Waals surface area contributed by atoms with Gasteiger partial charge in [0, 0.05) is 4.88 Å². The van der Waals surface area contributed by atoms with Crippen LogP contribution in [0.3, 0.4) is 0 Å². The molecule has 2 heterocycles. The zero-order chi connectivity index (χ0) is 19.7. The average molecular weight is 392 g/mol. The molecular weight excluding hydrogens is 372 g/mol. The molecule has 3 rings (SSSR count). The van der Waals surface area contributed by atoms with Crippen LogP contribution in [0.5, 0.6) is 0 Å². The van der Waals surface area contributed by atoms with Crippen LogP contribution in [0, 0.1) is 23.0 Å². The number of hydrogen-bond acceptors (Lipinski definition) is 7. The number of thiophene rings is 1. The molecule has 1 aliphatic rings. The van der Waals surface area contributed by atoms with E-state index in [1.54, 1.807) is 6.92 Å². The highest BCUT2D eigenvalue weighted by atomic mass is 32.1. The van der Waals surface area contributed by atoms with Crippen molar-refractivity contribution in [2.75, 3.05) is 12.4 Å². The number of aromatic nitrogens is 2. The Kier molecular flexibility index (Phi) is 5.26. The van der Waals surface area contributed by atoms with Crippen LogP contribution in [-0.4, -0.2) is 33.7 Å². The fourth-order valence-electron chi connectivity index (χ4n) is 3.20. The van der Waals surface area contributed by atoms with Crippen molar-refractivity contribution < 1.29 is 19.2 Å². The Morgan fingerprint density at radius 1 is 1.52 bits per heavy atom. The first-order chi connectivity index (χ1) is 12.8. The fraction of sp³-hybridized carbons (Fsp3) is 0.471. The predicted molar refractivity (Wildman–Crippen MR) is 99.1 cm³/mol. The van der Waals surface area contributed by atoms with Gasteiger partial charge in [-0.15, -0.1) is 11.3 Å². The summed E-state index contributed by atoms with van der Waals surface area (Å²) >= 11 is 1.39. The van der Waals surface area contributed by atoms with Gasteiger partial charge in [0.15, 0.2) is 0 Å². The van der Waals surface area contributed by atoms with Gasteiger partial charge in [0.05, 0.1) is 29.5 Å². The lowest BCUT2D eigenvalue weighted by atomic mass is 9.88. The van der Waals surface area contributed by atoms with E-state index in [9.17, 15) is 19.7 Å². The molecule has 0 aliphatic heterocycles. The molecule has 1 atom stereocenters. The van der Waals surface area contributed by atoms with E-state index < -0.39 is 16.8 Å². The number of amides is 1. The second-order valence-corrected chi connectivity index (χ2v) is 7.76. The van der Waals surface area contributed by atoms with Crippen LogP contribution in [0.4, 0.5) is 10.8 Å². The van der Waals surface area contributed by atoms with Crippen LogP contribution >= 0.6 is 11.3 Å². The zero-order valence-electron chi connectivity index (χ0n) is 15.3. The molecule has 1 N–H and O–H groups in total. The third kappa shape index (κ3) is 3.85. The minimum atomic E-state index is -0.606. The topological polar surface area (TPSA) is 116 Å². The highest BCUT2D eigenvalue weighted by molar-refractivity contribution is 7.17. The van der Waals surface area contributed by atoms with Gasteiger partial charge in [0.25, 0.3) is 0 Å². The van der Waals surface area contributed by atoms with Crippen molar-refractivity contribution in [1.29, 1.82) is 0 Å². The summed E-state index contributed by atoms with van der Waals surface area (Å²) in [4.78, 5) is 36.0. The van der Waals surface area contributed by atoms with Gasteiger partial charge in [-0.1, -0.05) is 6.92 Å². The van der Waals surface area contributed by atoms with Crippen molar-refractivity contribution in [3.8, 4) is 0 Å². The maximum atomic E-state index is 12.5. The van der Waals surface area contributed by atoms with Crippen LogP contribution in [0.25, 0.3) is 0 Å². The number of aryl methyl sites for hydroxylation is 1. The van der Waals surface area contributed by atoms with Crippen LogP contribution in [0.2, 0.25) is 0 Å². The monoisotopic (exact) mass is 392 g/mol. The lowest BCUT2D eigenvalue weighted by Crippen LogP contribution is -2.21. The number of rotatable bonds is 5. The molecule has 27 heavy (non-hydrogen) atoms. The fourth-order valence-corrected chi connectivity index (χ4v) is 4.62. The Labute approximate surface area is 159 Å². The third-order valence-electron chi connectivity index (χ3n) is 4.60. The first kappa shape index (κ1) is 19.0. The van der Waals surface area contributed by atoms with E-state index in [2.05, 4.69) is 17.3 Å². The van der Waals surface area contributed by atoms with Crippen LogP contribution in [0.15, 0.2) is 6.07 Å². The number of carbonyl (C=O) groups excluding carboxylic acids is 2. The minimum Gasteiger partial charge on any atom is -0.465 e. The van der Waals surface area contributed by atoms with Gasteiger partial charge < -0.3 is 20.2 Å². The van der Waals surface area contributed by atoms with E-state index in [0.717, 1.165) is 29.7 Å². The first-order valence-corrected chi connectivity index (χ1v) is 9.33. The van der Waals surface area contributed by atoms with Gasteiger partial charge in [0.2, 0.25) is 5.91 Å². The quantitative estimate of drug-likeness (QED) is 0.475. The number of anilines is 1. The highest BCUT2D eigenvalue weighted by Crippen LogP contribution is 2.40. The smallest absolute Gasteiger partial charge is 0.390 e. The van der Waals surface area contributed by atoms with Crippen molar-refractivity contribution in [2.24, 2.45) is 5.92 Å². The molecule has 0 bridgehead atoms. The van der Waals surface area contributed by atoms with Gasteiger partial charge in [-0.25, -0.2) is 4.79 Å². The number of nitrogens with one attached hydrogen (secondary N) is 1. The summed E-state index contributed by atoms with van der Waals surface area (Å²) in [6.07, 6.45) is 2.62. The molecular formula is C17H20N4O5S. The molecule has 1 amide bonds. The van der Waals surface area contributed by atoms with Crippen molar-refractivity contribution in [1.82, 2.24) is 9.78 Å². The van der Waals surface area contributed by atoms with E-state index >= 15 is 0 Å². The van der Waals surface area contributed by atoms with E-state index in [1.807, 2.05) is 0 Å². The summed E-state index contributed by atoms with van der Waals surface area (Å²) in [5.74, 6) is -0.662. The molecule has 10 heteroatoms. The van der Waals surface area contributed by atoms with Crippen molar-refractivity contribution >= 4 is 34.0 Å². The molecule has 0 aromatic carbocycles. The molecule has 144 valence electrons. The number of fused-ring (bicyclic) bond motifs is 1. The molecule has 0 saturated carbocycles. The maximum Gasteiger partial charge on any atom is 0.390 e. The number of esters is 1. The van der Waals surface area contributed by atoms with Gasteiger partial charge in [-0.3, -0.25) is 4.79 Å². The average Bonchev–Trinajstić information content (AvgIpc) is 3.14. The molecule has 0 radical (unpaired) electrons. The number of hydrogen-bond donors (Lipinski definition) is 1. The Balaban J connectivity index is 1.83. The van der Waals surface area contributed by atoms with E-state index in [4.69, 9.17) is 4.74 Å². The molecule has 0 fully saturated rings. The molecule has 1 aliphatic carbocycles. The number of nitrogens with zero attached hydrogens (tertiary/aromatic N) is 3. The molecule has 2 aromatic rings. The van der Waals surface area contributed by atoms with Crippen molar-refractivity contribution in [3.05, 3.63) is 37.9 Å². The number of ether oxygens (including phenoxy) is 1. The van der Waals surface area contributed by atoms with Gasteiger partial charge >= 0.3 is 11.8 Å². The Morgan fingerprint density at radius 2 is 2.26 bits per heavy atom. The summed E-state index contributed by atoms with van der Waals surface area (Å²) in [6.45, 7) is 3.61. The van der Waals surface area contributed by atoms with E-state index in [1.165, 1.54) is 29.2 Å². The van der Waals surface area contributed by atoms with Gasteiger partial charge in [-0.05, 0) is 42.6 Å². The lowest BCUT2D eigenvalue weighted by Gasteiger charge is -2.18. The van der Waals surface area contributed by atoms with Crippen molar-refractivity contribution in [3.63, 3.8) is 0 Å². The predicted octanol–water partition coefficient (Wildman–Crippen LogP) is 2.71.